The normalized spacial score (nSPS) is 21.3. The van der Waals surface area contributed by atoms with E-state index in [2.05, 4.69) is 45.9 Å². The van der Waals surface area contributed by atoms with E-state index in [0.717, 1.165) is 11.8 Å². The summed E-state index contributed by atoms with van der Waals surface area (Å²) >= 11 is 0. The second-order valence-electron chi connectivity index (χ2n) is 7.38. The summed E-state index contributed by atoms with van der Waals surface area (Å²) in [6.45, 7) is 8.84. The third-order valence-corrected chi connectivity index (χ3v) is 4.32. The SMILES string of the molecule is CC(c1cccc(C2CC2)c1OC(C)(C)C)C1CC1. The summed E-state index contributed by atoms with van der Waals surface area (Å²) in [7, 11) is 0. The Morgan fingerprint density at radius 3 is 2.32 bits per heavy atom. The fourth-order valence-electron chi connectivity index (χ4n) is 2.92. The molecule has 1 atom stereocenters. The molecule has 2 fully saturated rings. The minimum Gasteiger partial charge on any atom is -0.488 e. The molecule has 0 radical (unpaired) electrons. The van der Waals surface area contributed by atoms with Gasteiger partial charge in [-0.1, -0.05) is 25.1 Å². The van der Waals surface area contributed by atoms with E-state index in [1.165, 1.54) is 42.6 Å². The largest absolute Gasteiger partial charge is 0.488 e. The van der Waals surface area contributed by atoms with Crippen molar-refractivity contribution in [3.63, 3.8) is 0 Å². The van der Waals surface area contributed by atoms with E-state index < -0.39 is 0 Å². The van der Waals surface area contributed by atoms with Crippen molar-refractivity contribution in [3.8, 4) is 5.75 Å². The molecular weight excluding hydrogens is 232 g/mol. The minimum absolute atomic E-state index is 0.108. The van der Waals surface area contributed by atoms with Crippen LogP contribution in [0, 0.1) is 5.92 Å². The molecule has 19 heavy (non-hydrogen) atoms. The lowest BCUT2D eigenvalue weighted by Crippen LogP contribution is -2.24. The Kier molecular flexibility index (Phi) is 3.11. The minimum atomic E-state index is -0.108. The van der Waals surface area contributed by atoms with E-state index in [1.54, 1.807) is 0 Å². The summed E-state index contributed by atoms with van der Waals surface area (Å²) in [4.78, 5) is 0. The number of ether oxygens (including phenoxy) is 1. The van der Waals surface area contributed by atoms with Crippen LogP contribution in [0.25, 0.3) is 0 Å². The van der Waals surface area contributed by atoms with E-state index in [9.17, 15) is 0 Å². The molecule has 0 aliphatic heterocycles. The van der Waals surface area contributed by atoms with Crippen LogP contribution in [-0.2, 0) is 0 Å². The van der Waals surface area contributed by atoms with Crippen LogP contribution in [0.3, 0.4) is 0 Å². The Morgan fingerprint density at radius 1 is 1.11 bits per heavy atom. The molecule has 3 rings (SSSR count). The molecule has 2 saturated carbocycles. The Balaban J connectivity index is 1.98. The third-order valence-electron chi connectivity index (χ3n) is 4.32. The molecule has 2 aliphatic carbocycles. The fourth-order valence-corrected chi connectivity index (χ4v) is 2.92. The van der Waals surface area contributed by atoms with E-state index in [-0.39, 0.29) is 5.60 Å². The van der Waals surface area contributed by atoms with Gasteiger partial charge in [-0.2, -0.15) is 0 Å². The third kappa shape index (κ3) is 2.96. The summed E-state index contributed by atoms with van der Waals surface area (Å²) < 4.78 is 6.36. The zero-order valence-electron chi connectivity index (χ0n) is 12.7. The monoisotopic (exact) mass is 258 g/mol. The number of hydrogen-bond donors (Lipinski definition) is 0. The Morgan fingerprint density at radius 2 is 1.79 bits per heavy atom. The van der Waals surface area contributed by atoms with Crippen LogP contribution in [0.5, 0.6) is 5.75 Å². The molecule has 1 heteroatoms. The highest BCUT2D eigenvalue weighted by Gasteiger charge is 2.34. The first-order valence-electron chi connectivity index (χ1n) is 7.77. The molecule has 0 spiro atoms. The van der Waals surface area contributed by atoms with Gasteiger partial charge in [-0.05, 0) is 75.3 Å². The van der Waals surface area contributed by atoms with Crippen LogP contribution < -0.4 is 4.74 Å². The Hall–Kier alpha value is -0.980. The predicted octanol–water partition coefficient (Wildman–Crippen LogP) is 5.25. The Bertz CT molecular complexity index is 461. The zero-order chi connectivity index (χ0) is 13.6. The topological polar surface area (TPSA) is 9.23 Å². The van der Waals surface area contributed by atoms with Gasteiger partial charge in [-0.3, -0.25) is 0 Å². The average molecular weight is 258 g/mol. The number of benzene rings is 1. The van der Waals surface area contributed by atoms with Crippen molar-refractivity contribution in [2.45, 2.75) is 70.8 Å². The molecular formula is C18H26O. The van der Waals surface area contributed by atoms with Crippen LogP contribution in [-0.4, -0.2) is 5.60 Å². The molecule has 0 bridgehead atoms. The van der Waals surface area contributed by atoms with Crippen molar-refractivity contribution in [2.24, 2.45) is 5.92 Å². The van der Waals surface area contributed by atoms with E-state index in [1.807, 2.05) is 0 Å². The summed E-state index contributed by atoms with van der Waals surface area (Å²) in [5.41, 5.74) is 2.80. The van der Waals surface area contributed by atoms with Gasteiger partial charge in [0.15, 0.2) is 0 Å². The standard InChI is InChI=1S/C18H26O/c1-12(13-8-9-13)15-6-5-7-16(14-10-11-14)17(15)19-18(2,3)4/h5-7,12-14H,8-11H2,1-4H3. The number of rotatable bonds is 4. The van der Waals surface area contributed by atoms with Crippen LogP contribution >= 0.6 is 0 Å². The van der Waals surface area contributed by atoms with Crippen molar-refractivity contribution in [3.05, 3.63) is 29.3 Å². The van der Waals surface area contributed by atoms with Gasteiger partial charge in [0.2, 0.25) is 0 Å². The highest BCUT2D eigenvalue weighted by molar-refractivity contribution is 5.47. The van der Waals surface area contributed by atoms with Crippen LogP contribution in [0.15, 0.2) is 18.2 Å². The first kappa shape index (κ1) is 13.0. The first-order valence-corrected chi connectivity index (χ1v) is 7.77. The molecule has 0 saturated heterocycles. The summed E-state index contributed by atoms with van der Waals surface area (Å²) in [6.07, 6.45) is 5.46. The number of para-hydroxylation sites is 1. The van der Waals surface area contributed by atoms with Gasteiger partial charge < -0.3 is 4.74 Å². The van der Waals surface area contributed by atoms with Crippen LogP contribution in [0.1, 0.15) is 76.3 Å². The Labute approximate surface area is 117 Å². The van der Waals surface area contributed by atoms with Crippen molar-refractivity contribution >= 4 is 0 Å². The molecule has 0 aromatic heterocycles. The van der Waals surface area contributed by atoms with Crippen molar-refractivity contribution in [2.75, 3.05) is 0 Å². The van der Waals surface area contributed by atoms with E-state index in [0.29, 0.717) is 5.92 Å². The van der Waals surface area contributed by atoms with Crippen molar-refractivity contribution < 1.29 is 4.74 Å². The van der Waals surface area contributed by atoms with Crippen LogP contribution in [0.4, 0.5) is 0 Å². The fraction of sp³-hybridized carbons (Fsp3) is 0.667. The smallest absolute Gasteiger partial charge is 0.127 e. The van der Waals surface area contributed by atoms with Gasteiger partial charge in [-0.25, -0.2) is 0 Å². The van der Waals surface area contributed by atoms with Gasteiger partial charge >= 0.3 is 0 Å². The summed E-state index contributed by atoms with van der Waals surface area (Å²) in [6, 6.07) is 6.80. The van der Waals surface area contributed by atoms with Gasteiger partial charge in [0.05, 0.1) is 0 Å². The van der Waals surface area contributed by atoms with Gasteiger partial charge in [0, 0.05) is 0 Å². The lowest BCUT2D eigenvalue weighted by Gasteiger charge is -2.27. The lowest BCUT2D eigenvalue weighted by molar-refractivity contribution is 0.127. The maximum absolute atomic E-state index is 6.36. The molecule has 2 aliphatic rings. The molecule has 0 heterocycles. The van der Waals surface area contributed by atoms with Gasteiger partial charge in [0.25, 0.3) is 0 Å². The van der Waals surface area contributed by atoms with E-state index >= 15 is 0 Å². The lowest BCUT2D eigenvalue weighted by atomic mass is 9.92. The quantitative estimate of drug-likeness (QED) is 0.716. The maximum atomic E-state index is 6.36. The molecule has 1 aromatic carbocycles. The molecule has 1 nitrogen and oxygen atoms in total. The maximum Gasteiger partial charge on any atom is 0.127 e. The predicted molar refractivity (Wildman–Crippen MR) is 79.9 cm³/mol. The summed E-state index contributed by atoms with van der Waals surface area (Å²) in [5, 5.41) is 0. The van der Waals surface area contributed by atoms with Crippen molar-refractivity contribution in [1.29, 1.82) is 0 Å². The highest BCUT2D eigenvalue weighted by Crippen LogP contribution is 2.50. The first-order chi connectivity index (χ1) is 8.96. The summed E-state index contributed by atoms with van der Waals surface area (Å²) in [5.74, 6) is 3.49. The molecule has 1 unspecified atom stereocenters. The zero-order valence-corrected chi connectivity index (χ0v) is 12.7. The number of hydrogen-bond acceptors (Lipinski definition) is 1. The highest BCUT2D eigenvalue weighted by atomic mass is 16.5. The molecule has 1 aromatic rings. The molecule has 0 N–H and O–H groups in total. The second kappa shape index (κ2) is 4.54. The van der Waals surface area contributed by atoms with Gasteiger partial charge in [-0.15, -0.1) is 0 Å². The van der Waals surface area contributed by atoms with Gasteiger partial charge in [0.1, 0.15) is 11.4 Å². The van der Waals surface area contributed by atoms with Crippen LogP contribution in [0.2, 0.25) is 0 Å². The van der Waals surface area contributed by atoms with E-state index in [4.69, 9.17) is 4.74 Å². The molecule has 0 amide bonds. The molecule has 104 valence electrons. The van der Waals surface area contributed by atoms with Crippen molar-refractivity contribution in [1.82, 2.24) is 0 Å². The second-order valence-corrected chi connectivity index (χ2v) is 7.38. The average Bonchev–Trinajstić information content (AvgIpc) is 3.17.